The molecule has 7 aromatic carbocycles. The van der Waals surface area contributed by atoms with E-state index in [1.165, 1.54) is 0 Å². The van der Waals surface area contributed by atoms with Crippen molar-refractivity contribution < 1.29 is 17.7 Å². The number of aromatic nitrogens is 1. The van der Waals surface area contributed by atoms with Gasteiger partial charge in [-0.15, -0.1) is 0 Å². The highest BCUT2D eigenvalue weighted by atomic mass is 16.4. The van der Waals surface area contributed by atoms with Crippen LogP contribution in [0.4, 0.5) is 17.1 Å². The van der Waals surface area contributed by atoms with E-state index in [1.807, 2.05) is 91.0 Å². The third-order valence-corrected chi connectivity index (χ3v) is 9.49. The highest BCUT2D eigenvalue weighted by Crippen LogP contribution is 2.44. The van der Waals surface area contributed by atoms with Gasteiger partial charge < -0.3 is 22.6 Å². The predicted octanol–water partition coefficient (Wildman–Crippen LogP) is 12.7. The van der Waals surface area contributed by atoms with Crippen molar-refractivity contribution in [2.45, 2.75) is 0 Å². The molecule has 6 nitrogen and oxygen atoms in total. The fourth-order valence-electron chi connectivity index (χ4n) is 7.24. The summed E-state index contributed by atoms with van der Waals surface area (Å²) in [6, 6.07) is 49.2. The minimum absolute atomic E-state index is 0.579. The standard InChI is InChI=1S/C43H24N2O4/c1-2-8-25(9-3-1)43-44-42-39(49-43)21-20-38-41(42)33-23-27(16-19-37(33)47-38)45(26-15-18-36-32(22-26)30-11-5-7-13-35(30)46-36)28-14-17-31-29-10-4-6-12-34(29)48-40(31)24-28/h1-24H. The van der Waals surface area contributed by atoms with Gasteiger partial charge in [0.25, 0.3) is 0 Å². The molecule has 0 unspecified atom stereocenters. The smallest absolute Gasteiger partial charge is 0.227 e. The van der Waals surface area contributed by atoms with Crippen molar-refractivity contribution in [1.29, 1.82) is 0 Å². The molecular weight excluding hydrogens is 608 g/mol. The van der Waals surface area contributed by atoms with Gasteiger partial charge in [-0.3, -0.25) is 0 Å². The third-order valence-electron chi connectivity index (χ3n) is 9.49. The molecular formula is C43H24N2O4. The molecule has 4 heterocycles. The zero-order valence-corrected chi connectivity index (χ0v) is 25.9. The molecule has 49 heavy (non-hydrogen) atoms. The molecule has 0 spiro atoms. The molecule has 0 saturated carbocycles. The summed E-state index contributed by atoms with van der Waals surface area (Å²) in [4.78, 5) is 7.23. The number of benzene rings is 7. The number of hydrogen-bond donors (Lipinski definition) is 0. The summed E-state index contributed by atoms with van der Waals surface area (Å²) in [5.74, 6) is 0.579. The number of oxazole rings is 1. The van der Waals surface area contributed by atoms with Crippen LogP contribution in [0.25, 0.3) is 88.4 Å². The van der Waals surface area contributed by atoms with Crippen LogP contribution in [0.2, 0.25) is 0 Å². The van der Waals surface area contributed by atoms with E-state index < -0.39 is 0 Å². The molecule has 0 fully saturated rings. The van der Waals surface area contributed by atoms with Gasteiger partial charge >= 0.3 is 0 Å². The molecule has 0 radical (unpaired) electrons. The highest BCUT2D eigenvalue weighted by molar-refractivity contribution is 6.18. The lowest BCUT2D eigenvalue weighted by molar-refractivity contribution is 0.619. The van der Waals surface area contributed by atoms with Crippen molar-refractivity contribution in [2.75, 3.05) is 4.90 Å². The lowest BCUT2D eigenvalue weighted by Crippen LogP contribution is -2.09. The lowest BCUT2D eigenvalue weighted by atomic mass is 10.1. The maximum Gasteiger partial charge on any atom is 0.227 e. The van der Waals surface area contributed by atoms with Crippen molar-refractivity contribution in [1.82, 2.24) is 4.98 Å². The lowest BCUT2D eigenvalue weighted by Gasteiger charge is -2.25. The van der Waals surface area contributed by atoms with E-state index in [0.717, 1.165) is 94.0 Å². The van der Waals surface area contributed by atoms with Crippen molar-refractivity contribution in [3.05, 3.63) is 146 Å². The molecule has 11 aromatic rings. The molecule has 0 N–H and O–H groups in total. The summed E-state index contributed by atoms with van der Waals surface area (Å²) in [5.41, 5.74) is 10.3. The normalized spacial score (nSPS) is 12.1. The Kier molecular flexibility index (Phi) is 5.29. The second kappa shape index (κ2) is 9.86. The second-order valence-electron chi connectivity index (χ2n) is 12.3. The Bertz CT molecular complexity index is 3070. The Morgan fingerprint density at radius 1 is 0.367 bits per heavy atom. The summed E-state index contributed by atoms with van der Waals surface area (Å²) in [5, 5.41) is 6.18. The SMILES string of the molecule is c1ccc(-c2nc3c(ccc4oc5ccc(N(c6ccc7c(c6)oc6ccccc67)c6ccc7oc8ccccc8c7c6)cc5c43)o2)cc1. The molecule has 0 atom stereocenters. The zero-order chi connectivity index (χ0) is 32.1. The average molecular weight is 633 g/mol. The van der Waals surface area contributed by atoms with Gasteiger partial charge in [-0.25, -0.2) is 4.98 Å². The summed E-state index contributed by atoms with van der Waals surface area (Å²) in [6.07, 6.45) is 0. The van der Waals surface area contributed by atoms with Gasteiger partial charge in [0.2, 0.25) is 5.89 Å². The molecule has 6 heteroatoms. The Morgan fingerprint density at radius 3 is 1.69 bits per heavy atom. The van der Waals surface area contributed by atoms with Crippen LogP contribution in [0, 0.1) is 0 Å². The monoisotopic (exact) mass is 632 g/mol. The molecule has 0 amide bonds. The van der Waals surface area contributed by atoms with Crippen LogP contribution in [0.15, 0.2) is 163 Å². The van der Waals surface area contributed by atoms with Gasteiger partial charge in [0.05, 0.1) is 5.39 Å². The molecule has 11 rings (SSSR count). The van der Waals surface area contributed by atoms with Crippen LogP contribution in [0.5, 0.6) is 0 Å². The van der Waals surface area contributed by atoms with Crippen molar-refractivity contribution >= 4 is 94.0 Å². The number of nitrogens with zero attached hydrogens (tertiary/aromatic N) is 2. The van der Waals surface area contributed by atoms with E-state index in [-0.39, 0.29) is 0 Å². The van der Waals surface area contributed by atoms with Crippen molar-refractivity contribution in [2.24, 2.45) is 0 Å². The molecule has 0 aliphatic heterocycles. The Hall–Kier alpha value is -6.79. The maximum atomic E-state index is 6.38. The van der Waals surface area contributed by atoms with Crippen LogP contribution in [-0.2, 0) is 0 Å². The van der Waals surface area contributed by atoms with E-state index in [2.05, 4.69) is 59.5 Å². The molecule has 0 aliphatic rings. The van der Waals surface area contributed by atoms with E-state index >= 15 is 0 Å². The topological polar surface area (TPSA) is 68.7 Å². The number of rotatable bonds is 4. The molecule has 230 valence electrons. The Morgan fingerprint density at radius 2 is 0.898 bits per heavy atom. The van der Waals surface area contributed by atoms with Gasteiger partial charge in [-0.1, -0.05) is 54.6 Å². The molecule has 0 aliphatic carbocycles. The van der Waals surface area contributed by atoms with Crippen molar-refractivity contribution in [3.8, 4) is 11.5 Å². The number of fused-ring (bicyclic) bond motifs is 11. The maximum absolute atomic E-state index is 6.38. The largest absolute Gasteiger partial charge is 0.456 e. The first-order chi connectivity index (χ1) is 24.2. The van der Waals surface area contributed by atoms with Crippen LogP contribution in [0.1, 0.15) is 0 Å². The third kappa shape index (κ3) is 3.92. The van der Waals surface area contributed by atoms with Crippen LogP contribution in [-0.4, -0.2) is 4.98 Å². The van der Waals surface area contributed by atoms with Crippen molar-refractivity contribution in [3.63, 3.8) is 0 Å². The van der Waals surface area contributed by atoms with E-state index in [0.29, 0.717) is 11.5 Å². The number of para-hydroxylation sites is 2. The first-order valence-corrected chi connectivity index (χ1v) is 16.2. The summed E-state index contributed by atoms with van der Waals surface area (Å²) in [7, 11) is 0. The minimum Gasteiger partial charge on any atom is -0.456 e. The Labute approximate surface area is 278 Å². The van der Waals surface area contributed by atoms with E-state index in [9.17, 15) is 0 Å². The molecule has 4 aromatic heterocycles. The van der Waals surface area contributed by atoms with Crippen LogP contribution in [0.3, 0.4) is 0 Å². The van der Waals surface area contributed by atoms with Gasteiger partial charge in [-0.05, 0) is 84.9 Å². The van der Waals surface area contributed by atoms with Crippen LogP contribution >= 0.6 is 0 Å². The fourth-order valence-corrected chi connectivity index (χ4v) is 7.24. The zero-order valence-electron chi connectivity index (χ0n) is 25.9. The summed E-state index contributed by atoms with van der Waals surface area (Å²) >= 11 is 0. The van der Waals surface area contributed by atoms with Crippen LogP contribution < -0.4 is 4.90 Å². The summed E-state index contributed by atoms with van der Waals surface area (Å²) in [6.45, 7) is 0. The average Bonchev–Trinajstić information content (AvgIpc) is 3.92. The highest BCUT2D eigenvalue weighted by Gasteiger charge is 2.21. The predicted molar refractivity (Wildman–Crippen MR) is 196 cm³/mol. The molecule has 0 bridgehead atoms. The quantitative estimate of drug-likeness (QED) is 0.192. The minimum atomic E-state index is 0.579. The number of furan rings is 3. The Balaban J connectivity index is 1.16. The summed E-state index contributed by atoms with van der Waals surface area (Å²) < 4.78 is 25.2. The van der Waals surface area contributed by atoms with E-state index in [1.54, 1.807) is 0 Å². The fraction of sp³-hybridized carbons (Fsp3) is 0. The van der Waals surface area contributed by atoms with Gasteiger partial charge in [0.1, 0.15) is 39.0 Å². The molecule has 0 saturated heterocycles. The van der Waals surface area contributed by atoms with Gasteiger partial charge in [0.15, 0.2) is 5.58 Å². The number of anilines is 3. The first-order valence-electron chi connectivity index (χ1n) is 16.2. The van der Waals surface area contributed by atoms with E-state index in [4.69, 9.17) is 22.7 Å². The first kappa shape index (κ1) is 26.3. The number of hydrogen-bond acceptors (Lipinski definition) is 6. The van der Waals surface area contributed by atoms with Gasteiger partial charge in [-0.2, -0.15) is 0 Å². The van der Waals surface area contributed by atoms with Gasteiger partial charge in [0, 0.05) is 55.6 Å². The second-order valence-corrected chi connectivity index (χ2v) is 12.3.